The minimum Gasteiger partial charge on any atom is -0.358 e. The summed E-state index contributed by atoms with van der Waals surface area (Å²) in [7, 11) is 0. The highest BCUT2D eigenvalue weighted by Gasteiger charge is 2.07. The van der Waals surface area contributed by atoms with Crippen molar-refractivity contribution in [2.75, 3.05) is 0 Å². The van der Waals surface area contributed by atoms with Gasteiger partial charge in [-0.05, 0) is 9.91 Å². The molecular formula is C4H4N3O2. The van der Waals surface area contributed by atoms with Crippen LogP contribution in [0, 0.1) is 17.0 Å². The summed E-state index contributed by atoms with van der Waals surface area (Å²) in [6.07, 6.45) is 1.20. The molecule has 0 fully saturated rings. The number of hydrogen-bond donors (Lipinski definition) is 1. The predicted octanol–water partition coefficient (Wildman–Crippen LogP) is 0.500. The van der Waals surface area contributed by atoms with Crippen LogP contribution in [-0.4, -0.2) is 14.9 Å². The Morgan fingerprint density at radius 1 is 1.89 bits per heavy atom. The van der Waals surface area contributed by atoms with Crippen molar-refractivity contribution >= 4 is 5.82 Å². The van der Waals surface area contributed by atoms with Gasteiger partial charge in [-0.25, -0.2) is 0 Å². The van der Waals surface area contributed by atoms with Crippen molar-refractivity contribution in [2.45, 2.75) is 0 Å². The van der Waals surface area contributed by atoms with E-state index in [1.54, 1.807) is 0 Å². The smallest absolute Gasteiger partial charge is 0.358 e. The molecule has 0 aromatic carbocycles. The number of rotatable bonds is 1. The van der Waals surface area contributed by atoms with Crippen molar-refractivity contribution in [1.29, 1.82) is 0 Å². The molecule has 1 rings (SSSR count). The molecule has 0 spiro atoms. The highest BCUT2D eigenvalue weighted by Crippen LogP contribution is 2.03. The molecule has 0 unspecified atom stereocenters. The number of hydrogen-bond acceptors (Lipinski definition) is 3. The van der Waals surface area contributed by atoms with Crippen molar-refractivity contribution in [1.82, 2.24) is 9.97 Å². The molecule has 9 heavy (non-hydrogen) atoms. The first-order valence-corrected chi connectivity index (χ1v) is 2.22. The van der Waals surface area contributed by atoms with E-state index in [-0.39, 0.29) is 5.82 Å². The predicted molar refractivity (Wildman–Crippen MR) is 29.7 cm³/mol. The molecule has 0 atom stereocenters. The van der Waals surface area contributed by atoms with Crippen LogP contribution in [0.2, 0.25) is 0 Å². The van der Waals surface area contributed by atoms with Gasteiger partial charge in [0, 0.05) is 6.92 Å². The fourth-order valence-corrected chi connectivity index (χ4v) is 0.444. The average molecular weight is 126 g/mol. The Hall–Kier alpha value is -1.39. The van der Waals surface area contributed by atoms with Gasteiger partial charge in [0.1, 0.15) is 6.20 Å². The maximum Gasteiger partial charge on any atom is 0.381 e. The topological polar surface area (TPSA) is 71.8 Å². The van der Waals surface area contributed by atoms with Crippen LogP contribution in [0.15, 0.2) is 6.20 Å². The molecule has 1 N–H and O–H groups in total. The van der Waals surface area contributed by atoms with Crippen LogP contribution < -0.4 is 0 Å². The lowest BCUT2D eigenvalue weighted by Gasteiger charge is -1.81. The van der Waals surface area contributed by atoms with Gasteiger partial charge in [0.2, 0.25) is 5.82 Å². The van der Waals surface area contributed by atoms with E-state index in [0.29, 0.717) is 5.82 Å². The maximum atomic E-state index is 9.91. The minimum absolute atomic E-state index is 0.194. The van der Waals surface area contributed by atoms with Gasteiger partial charge in [-0.1, -0.05) is 0 Å². The molecule has 0 aliphatic carbocycles. The molecule has 0 aliphatic heterocycles. The number of aromatic amines is 1. The van der Waals surface area contributed by atoms with E-state index in [2.05, 4.69) is 16.9 Å². The van der Waals surface area contributed by atoms with E-state index in [4.69, 9.17) is 0 Å². The molecule has 0 bridgehead atoms. The van der Waals surface area contributed by atoms with Gasteiger partial charge in [0.05, 0.1) is 0 Å². The third-order valence-electron chi connectivity index (χ3n) is 0.804. The van der Waals surface area contributed by atoms with E-state index in [9.17, 15) is 10.1 Å². The van der Waals surface area contributed by atoms with Crippen LogP contribution in [0.1, 0.15) is 5.82 Å². The van der Waals surface area contributed by atoms with Gasteiger partial charge >= 0.3 is 5.82 Å². The second-order valence-electron chi connectivity index (χ2n) is 1.46. The molecule has 0 aliphatic rings. The molecule has 0 saturated heterocycles. The van der Waals surface area contributed by atoms with Gasteiger partial charge < -0.3 is 15.1 Å². The minimum atomic E-state index is -0.578. The van der Waals surface area contributed by atoms with Crippen LogP contribution in [-0.2, 0) is 0 Å². The molecule has 5 heteroatoms. The first kappa shape index (κ1) is 5.74. The van der Waals surface area contributed by atoms with Crippen LogP contribution >= 0.6 is 0 Å². The van der Waals surface area contributed by atoms with Gasteiger partial charge in [0.15, 0.2) is 0 Å². The van der Waals surface area contributed by atoms with E-state index < -0.39 is 4.92 Å². The summed E-state index contributed by atoms with van der Waals surface area (Å²) in [6, 6.07) is 0. The number of nitro groups is 1. The van der Waals surface area contributed by atoms with Gasteiger partial charge in [0.25, 0.3) is 0 Å². The summed E-state index contributed by atoms with van der Waals surface area (Å²) in [6.45, 7) is 3.35. The number of nitrogens with zero attached hydrogens (tertiary/aromatic N) is 2. The zero-order valence-corrected chi connectivity index (χ0v) is 4.50. The molecule has 1 aromatic rings. The van der Waals surface area contributed by atoms with Crippen molar-refractivity contribution in [3.05, 3.63) is 29.1 Å². The van der Waals surface area contributed by atoms with Crippen molar-refractivity contribution < 1.29 is 4.92 Å². The summed E-state index contributed by atoms with van der Waals surface area (Å²) in [5.41, 5.74) is 0. The largest absolute Gasteiger partial charge is 0.381 e. The molecular weight excluding hydrogens is 122 g/mol. The molecule has 0 saturated carbocycles. The fourth-order valence-electron chi connectivity index (χ4n) is 0.444. The normalized spacial score (nSPS) is 9.44. The van der Waals surface area contributed by atoms with Crippen LogP contribution in [0.4, 0.5) is 5.82 Å². The highest BCUT2D eigenvalue weighted by atomic mass is 16.6. The fraction of sp³-hybridized carbons (Fsp3) is 0. The van der Waals surface area contributed by atoms with Crippen molar-refractivity contribution in [2.24, 2.45) is 0 Å². The standard InChI is InChI=1S/C4H4N3O2/c1-3-5-2-4(6-3)7(8)9/h2H,1H2,(H,5,6). The third kappa shape index (κ3) is 1.04. The summed E-state index contributed by atoms with van der Waals surface area (Å²) >= 11 is 0. The second-order valence-corrected chi connectivity index (χ2v) is 1.46. The monoisotopic (exact) mass is 126 g/mol. The van der Waals surface area contributed by atoms with Crippen LogP contribution in [0.5, 0.6) is 0 Å². The van der Waals surface area contributed by atoms with Gasteiger partial charge in [-0.15, -0.1) is 0 Å². The summed E-state index contributed by atoms with van der Waals surface area (Å²) in [4.78, 5) is 15.3. The molecule has 1 heterocycles. The highest BCUT2D eigenvalue weighted by molar-refractivity contribution is 5.15. The molecule has 5 nitrogen and oxygen atoms in total. The quantitative estimate of drug-likeness (QED) is 0.440. The summed E-state index contributed by atoms with van der Waals surface area (Å²) < 4.78 is 0. The lowest BCUT2D eigenvalue weighted by molar-refractivity contribution is -0.389. The maximum absolute atomic E-state index is 9.91. The Bertz CT molecular complexity index is 229. The average Bonchev–Trinajstić information content (AvgIpc) is 2.14. The second kappa shape index (κ2) is 1.85. The Kier molecular flexibility index (Phi) is 1.18. The zero-order valence-electron chi connectivity index (χ0n) is 4.50. The molecule has 1 radical (unpaired) electrons. The van der Waals surface area contributed by atoms with E-state index in [1.807, 2.05) is 0 Å². The van der Waals surface area contributed by atoms with Crippen molar-refractivity contribution in [3.8, 4) is 0 Å². The number of imidazole rings is 1. The summed E-state index contributed by atoms with van der Waals surface area (Å²) in [5.74, 6) is 0.113. The molecule has 47 valence electrons. The van der Waals surface area contributed by atoms with E-state index in [1.165, 1.54) is 6.20 Å². The van der Waals surface area contributed by atoms with Gasteiger partial charge in [-0.2, -0.15) is 0 Å². The van der Waals surface area contributed by atoms with E-state index >= 15 is 0 Å². The van der Waals surface area contributed by atoms with Crippen LogP contribution in [0.25, 0.3) is 0 Å². The lowest BCUT2D eigenvalue weighted by Crippen LogP contribution is -1.86. The Labute approximate surface area is 50.9 Å². The zero-order chi connectivity index (χ0) is 6.85. The van der Waals surface area contributed by atoms with Crippen molar-refractivity contribution in [3.63, 3.8) is 0 Å². The third-order valence-corrected chi connectivity index (χ3v) is 0.804. The summed E-state index contributed by atoms with van der Waals surface area (Å²) in [5, 5.41) is 9.91. The number of nitrogens with one attached hydrogen (secondary N) is 1. The SMILES string of the molecule is [CH2]c1nc([N+](=O)[O-])c[nH]1. The molecule has 1 aromatic heterocycles. The van der Waals surface area contributed by atoms with E-state index in [0.717, 1.165) is 0 Å². The first-order valence-electron chi connectivity index (χ1n) is 2.22. The van der Waals surface area contributed by atoms with Crippen LogP contribution in [0.3, 0.4) is 0 Å². The van der Waals surface area contributed by atoms with Gasteiger partial charge in [-0.3, -0.25) is 0 Å². The lowest BCUT2D eigenvalue weighted by atomic mass is 10.7. The molecule has 0 amide bonds. The Morgan fingerprint density at radius 3 is 2.78 bits per heavy atom. The first-order chi connectivity index (χ1) is 4.20. The Balaban J connectivity index is 2.98. The number of aromatic nitrogens is 2. The Morgan fingerprint density at radius 2 is 2.56 bits per heavy atom. The number of H-pyrrole nitrogens is 1.